The summed E-state index contributed by atoms with van der Waals surface area (Å²) < 4.78 is 18.6. The zero-order chi connectivity index (χ0) is 12.7. The standard InChI is InChI=1S/C12H16Cl2FNO/c1-17-7-6-16(5-4-13)9-10-2-3-11(14)8-12(10)15/h2-3,8H,4-7,9H2,1H3. The number of ether oxygens (including phenoxy) is 1. The number of benzene rings is 1. The maximum absolute atomic E-state index is 13.6. The van der Waals surface area contributed by atoms with E-state index in [-0.39, 0.29) is 5.82 Å². The van der Waals surface area contributed by atoms with Gasteiger partial charge in [0.25, 0.3) is 0 Å². The smallest absolute Gasteiger partial charge is 0.129 e. The summed E-state index contributed by atoms with van der Waals surface area (Å²) in [5.41, 5.74) is 0.621. The molecular weight excluding hydrogens is 264 g/mol. The molecule has 0 aliphatic heterocycles. The van der Waals surface area contributed by atoms with E-state index in [4.69, 9.17) is 27.9 Å². The first-order chi connectivity index (χ1) is 8.17. The third-order valence-corrected chi connectivity index (χ3v) is 2.83. The van der Waals surface area contributed by atoms with Crippen molar-refractivity contribution in [3.8, 4) is 0 Å². The number of hydrogen-bond acceptors (Lipinski definition) is 2. The van der Waals surface area contributed by atoms with Crippen LogP contribution in [-0.4, -0.2) is 37.6 Å². The molecule has 1 rings (SSSR count). The van der Waals surface area contributed by atoms with E-state index in [1.807, 2.05) is 4.90 Å². The quantitative estimate of drug-likeness (QED) is 0.711. The highest BCUT2D eigenvalue weighted by Crippen LogP contribution is 2.16. The first-order valence-corrected chi connectivity index (χ1v) is 6.29. The fourth-order valence-corrected chi connectivity index (χ4v) is 1.90. The third kappa shape index (κ3) is 5.21. The van der Waals surface area contributed by atoms with Crippen LogP contribution in [-0.2, 0) is 11.3 Å². The molecule has 1 aromatic rings. The van der Waals surface area contributed by atoms with Crippen LogP contribution in [0.15, 0.2) is 18.2 Å². The van der Waals surface area contributed by atoms with Crippen molar-refractivity contribution < 1.29 is 9.13 Å². The average molecular weight is 280 g/mol. The van der Waals surface area contributed by atoms with Crippen LogP contribution >= 0.6 is 23.2 Å². The summed E-state index contributed by atoms with van der Waals surface area (Å²) in [7, 11) is 1.64. The molecule has 0 heterocycles. The minimum absolute atomic E-state index is 0.283. The summed E-state index contributed by atoms with van der Waals surface area (Å²) in [6.45, 7) is 2.55. The van der Waals surface area contributed by atoms with Gasteiger partial charge in [0.15, 0.2) is 0 Å². The van der Waals surface area contributed by atoms with Gasteiger partial charge in [0, 0.05) is 43.2 Å². The number of nitrogens with zero attached hydrogens (tertiary/aromatic N) is 1. The number of methoxy groups -OCH3 is 1. The Labute approximate surface area is 111 Å². The Hall–Kier alpha value is -0.350. The summed E-state index contributed by atoms with van der Waals surface area (Å²) in [6, 6.07) is 4.72. The van der Waals surface area contributed by atoms with Crippen molar-refractivity contribution in [1.29, 1.82) is 0 Å². The van der Waals surface area contributed by atoms with Gasteiger partial charge in [-0.3, -0.25) is 4.90 Å². The van der Waals surface area contributed by atoms with E-state index in [1.165, 1.54) is 6.07 Å². The van der Waals surface area contributed by atoms with Crippen molar-refractivity contribution in [2.45, 2.75) is 6.54 Å². The van der Waals surface area contributed by atoms with E-state index in [0.29, 0.717) is 36.2 Å². The zero-order valence-electron chi connectivity index (χ0n) is 9.76. The van der Waals surface area contributed by atoms with Crippen molar-refractivity contribution in [1.82, 2.24) is 4.90 Å². The predicted octanol–water partition coefficient (Wildman–Crippen LogP) is 3.17. The van der Waals surface area contributed by atoms with Crippen LogP contribution in [0.3, 0.4) is 0 Å². The molecule has 17 heavy (non-hydrogen) atoms. The fraction of sp³-hybridized carbons (Fsp3) is 0.500. The van der Waals surface area contributed by atoms with Gasteiger partial charge in [0.1, 0.15) is 5.82 Å². The SMILES string of the molecule is COCCN(CCCl)Cc1ccc(Cl)cc1F. The van der Waals surface area contributed by atoms with Crippen molar-refractivity contribution in [2.24, 2.45) is 0 Å². The molecule has 0 saturated heterocycles. The van der Waals surface area contributed by atoms with Crippen molar-refractivity contribution >= 4 is 23.2 Å². The van der Waals surface area contributed by atoms with Gasteiger partial charge in [0.05, 0.1) is 6.61 Å². The topological polar surface area (TPSA) is 12.5 Å². The summed E-state index contributed by atoms with van der Waals surface area (Å²) in [6.07, 6.45) is 0. The summed E-state index contributed by atoms with van der Waals surface area (Å²) in [5, 5.41) is 0.409. The van der Waals surface area contributed by atoms with Gasteiger partial charge < -0.3 is 4.74 Å². The second-order valence-corrected chi connectivity index (χ2v) is 4.51. The van der Waals surface area contributed by atoms with Crippen LogP contribution in [0.4, 0.5) is 4.39 Å². The summed E-state index contributed by atoms with van der Waals surface area (Å²) in [5.74, 6) is 0.230. The van der Waals surface area contributed by atoms with Gasteiger partial charge in [-0.1, -0.05) is 17.7 Å². The van der Waals surface area contributed by atoms with Crippen LogP contribution < -0.4 is 0 Å². The van der Waals surface area contributed by atoms with E-state index in [0.717, 1.165) is 6.54 Å². The van der Waals surface area contributed by atoms with Crippen molar-refractivity contribution in [2.75, 3.05) is 32.7 Å². The van der Waals surface area contributed by atoms with Gasteiger partial charge in [-0.2, -0.15) is 0 Å². The fourth-order valence-electron chi connectivity index (χ4n) is 1.50. The molecule has 5 heteroatoms. The second kappa shape index (κ2) is 7.88. The zero-order valence-corrected chi connectivity index (χ0v) is 11.3. The Balaban J connectivity index is 2.64. The highest BCUT2D eigenvalue weighted by molar-refractivity contribution is 6.30. The summed E-state index contributed by atoms with van der Waals surface area (Å²) in [4.78, 5) is 2.04. The predicted molar refractivity (Wildman–Crippen MR) is 69.3 cm³/mol. The molecule has 0 radical (unpaired) electrons. The number of halogens is 3. The van der Waals surface area contributed by atoms with E-state index in [1.54, 1.807) is 19.2 Å². The van der Waals surface area contributed by atoms with Gasteiger partial charge in [0.2, 0.25) is 0 Å². The lowest BCUT2D eigenvalue weighted by molar-refractivity contribution is 0.147. The largest absolute Gasteiger partial charge is 0.383 e. The van der Waals surface area contributed by atoms with Gasteiger partial charge in [-0.25, -0.2) is 4.39 Å². The van der Waals surface area contributed by atoms with Crippen LogP contribution in [0, 0.1) is 5.82 Å². The molecule has 0 aliphatic carbocycles. The van der Waals surface area contributed by atoms with Crippen molar-refractivity contribution in [3.63, 3.8) is 0 Å². The maximum Gasteiger partial charge on any atom is 0.129 e. The minimum atomic E-state index is -0.283. The lowest BCUT2D eigenvalue weighted by atomic mass is 10.2. The Morgan fingerprint density at radius 3 is 2.71 bits per heavy atom. The second-order valence-electron chi connectivity index (χ2n) is 3.69. The molecule has 0 bridgehead atoms. The lowest BCUT2D eigenvalue weighted by Crippen LogP contribution is -2.29. The first kappa shape index (κ1) is 14.7. The Morgan fingerprint density at radius 1 is 1.35 bits per heavy atom. The monoisotopic (exact) mass is 279 g/mol. The van der Waals surface area contributed by atoms with Crippen LogP contribution in [0.1, 0.15) is 5.56 Å². The number of alkyl halides is 1. The third-order valence-electron chi connectivity index (χ3n) is 2.42. The highest BCUT2D eigenvalue weighted by atomic mass is 35.5. The summed E-state index contributed by atoms with van der Waals surface area (Å²) >= 11 is 11.4. The maximum atomic E-state index is 13.6. The molecular formula is C12H16Cl2FNO. The van der Waals surface area contributed by atoms with Gasteiger partial charge >= 0.3 is 0 Å². The molecule has 0 fully saturated rings. The molecule has 2 nitrogen and oxygen atoms in total. The van der Waals surface area contributed by atoms with E-state index in [9.17, 15) is 4.39 Å². The first-order valence-electron chi connectivity index (χ1n) is 5.38. The Morgan fingerprint density at radius 2 is 2.12 bits per heavy atom. The molecule has 0 aromatic heterocycles. The van der Waals surface area contributed by atoms with E-state index in [2.05, 4.69) is 0 Å². The normalized spacial score (nSPS) is 11.1. The molecule has 0 spiro atoms. The van der Waals surface area contributed by atoms with E-state index < -0.39 is 0 Å². The van der Waals surface area contributed by atoms with E-state index >= 15 is 0 Å². The van der Waals surface area contributed by atoms with Crippen LogP contribution in [0.5, 0.6) is 0 Å². The highest BCUT2D eigenvalue weighted by Gasteiger charge is 2.09. The van der Waals surface area contributed by atoms with Gasteiger partial charge in [-0.15, -0.1) is 11.6 Å². The Bertz CT molecular complexity index is 349. The molecule has 0 N–H and O–H groups in total. The number of rotatable bonds is 7. The molecule has 0 atom stereocenters. The molecule has 0 unspecified atom stereocenters. The molecule has 0 aliphatic rings. The van der Waals surface area contributed by atoms with Crippen molar-refractivity contribution in [3.05, 3.63) is 34.6 Å². The van der Waals surface area contributed by atoms with Crippen LogP contribution in [0.2, 0.25) is 5.02 Å². The molecule has 1 aromatic carbocycles. The lowest BCUT2D eigenvalue weighted by Gasteiger charge is -2.21. The molecule has 0 saturated carbocycles. The molecule has 96 valence electrons. The number of hydrogen-bond donors (Lipinski definition) is 0. The minimum Gasteiger partial charge on any atom is -0.383 e. The molecule has 0 amide bonds. The Kier molecular flexibility index (Phi) is 6.82. The average Bonchev–Trinajstić information content (AvgIpc) is 2.29. The van der Waals surface area contributed by atoms with Gasteiger partial charge in [-0.05, 0) is 12.1 Å². The van der Waals surface area contributed by atoms with Crippen LogP contribution in [0.25, 0.3) is 0 Å².